The zero-order valence-corrected chi connectivity index (χ0v) is 15.3. The number of anilines is 2. The molecule has 1 atom stereocenters. The number of carbonyl (C=O) groups excluding carboxylic acids is 1. The Kier molecular flexibility index (Phi) is 5.55. The van der Waals surface area contributed by atoms with E-state index in [1.54, 1.807) is 4.90 Å². The number of benzene rings is 1. The predicted octanol–water partition coefficient (Wildman–Crippen LogP) is 4.76. The SMILES string of the molecule is CC1CCCN(C(=O)c2cnc(Nc3ccc(Cl)c(C(F)(F)F)c3)nc2)C1. The van der Waals surface area contributed by atoms with Crippen molar-refractivity contribution in [1.29, 1.82) is 0 Å². The fourth-order valence-corrected chi connectivity index (χ4v) is 3.23. The molecule has 1 N–H and O–H groups in total. The van der Waals surface area contributed by atoms with Crippen molar-refractivity contribution in [2.75, 3.05) is 18.4 Å². The van der Waals surface area contributed by atoms with Crippen LogP contribution < -0.4 is 5.32 Å². The maximum absolute atomic E-state index is 12.9. The van der Waals surface area contributed by atoms with Gasteiger partial charge >= 0.3 is 6.18 Å². The highest BCUT2D eigenvalue weighted by Gasteiger charge is 2.33. The largest absolute Gasteiger partial charge is 0.417 e. The number of likely N-dealkylation sites (tertiary alicyclic amines) is 1. The van der Waals surface area contributed by atoms with Crippen LogP contribution in [0.2, 0.25) is 5.02 Å². The number of amides is 1. The molecule has 27 heavy (non-hydrogen) atoms. The van der Waals surface area contributed by atoms with Gasteiger partial charge in [-0.05, 0) is 37.0 Å². The van der Waals surface area contributed by atoms with E-state index in [0.29, 0.717) is 24.6 Å². The average molecular weight is 399 g/mol. The molecule has 1 amide bonds. The lowest BCUT2D eigenvalue weighted by molar-refractivity contribution is -0.137. The molecule has 1 aliphatic heterocycles. The monoisotopic (exact) mass is 398 g/mol. The second-order valence-corrected chi connectivity index (χ2v) is 7.02. The van der Waals surface area contributed by atoms with Gasteiger partial charge < -0.3 is 10.2 Å². The normalized spacial score (nSPS) is 17.7. The lowest BCUT2D eigenvalue weighted by Crippen LogP contribution is -2.39. The molecular weight excluding hydrogens is 381 g/mol. The van der Waals surface area contributed by atoms with Crippen molar-refractivity contribution in [2.24, 2.45) is 5.92 Å². The van der Waals surface area contributed by atoms with Crippen molar-refractivity contribution in [3.63, 3.8) is 0 Å². The topological polar surface area (TPSA) is 58.1 Å². The zero-order valence-electron chi connectivity index (χ0n) is 14.6. The van der Waals surface area contributed by atoms with Crippen LogP contribution in [0, 0.1) is 5.92 Å². The predicted molar refractivity (Wildman–Crippen MR) is 96.1 cm³/mol. The number of nitrogens with one attached hydrogen (secondary N) is 1. The molecule has 0 saturated carbocycles. The molecule has 0 spiro atoms. The van der Waals surface area contributed by atoms with Gasteiger partial charge in [-0.3, -0.25) is 4.79 Å². The minimum absolute atomic E-state index is 0.0917. The van der Waals surface area contributed by atoms with Crippen molar-refractivity contribution in [1.82, 2.24) is 14.9 Å². The minimum atomic E-state index is -4.56. The van der Waals surface area contributed by atoms with E-state index >= 15 is 0 Å². The van der Waals surface area contributed by atoms with Gasteiger partial charge in [-0.15, -0.1) is 0 Å². The molecule has 144 valence electrons. The Labute approximate surface area is 159 Å². The summed E-state index contributed by atoms with van der Waals surface area (Å²) in [5, 5.41) is 2.31. The summed E-state index contributed by atoms with van der Waals surface area (Å²) in [5.41, 5.74) is -0.447. The van der Waals surface area contributed by atoms with Crippen LogP contribution in [-0.2, 0) is 6.18 Å². The van der Waals surface area contributed by atoms with Gasteiger partial charge in [-0.2, -0.15) is 13.2 Å². The van der Waals surface area contributed by atoms with Crippen LogP contribution >= 0.6 is 11.6 Å². The Hall–Kier alpha value is -2.35. The highest BCUT2D eigenvalue weighted by molar-refractivity contribution is 6.31. The second kappa shape index (κ2) is 7.72. The minimum Gasteiger partial charge on any atom is -0.338 e. The first kappa shape index (κ1) is 19.4. The summed E-state index contributed by atoms with van der Waals surface area (Å²) >= 11 is 5.60. The summed E-state index contributed by atoms with van der Waals surface area (Å²) in [6.45, 7) is 3.50. The standard InChI is InChI=1S/C18H18ClF3N4O/c1-11-3-2-6-26(10-11)16(27)12-8-23-17(24-9-12)25-13-4-5-15(19)14(7-13)18(20,21)22/h4-5,7-9,11H,2-3,6,10H2,1H3,(H,23,24,25). The van der Waals surface area contributed by atoms with Gasteiger partial charge in [0.15, 0.2) is 0 Å². The number of hydrogen-bond donors (Lipinski definition) is 1. The Morgan fingerprint density at radius 1 is 1.30 bits per heavy atom. The zero-order chi connectivity index (χ0) is 19.6. The molecule has 1 aromatic heterocycles. The number of halogens is 4. The van der Waals surface area contributed by atoms with Gasteiger partial charge in [0.05, 0.1) is 16.1 Å². The number of rotatable bonds is 3. The van der Waals surface area contributed by atoms with E-state index in [1.165, 1.54) is 18.5 Å². The van der Waals surface area contributed by atoms with E-state index in [-0.39, 0.29) is 22.6 Å². The molecule has 0 bridgehead atoms. The fourth-order valence-electron chi connectivity index (χ4n) is 3.01. The second-order valence-electron chi connectivity index (χ2n) is 6.61. The number of nitrogens with zero attached hydrogens (tertiary/aromatic N) is 3. The Bertz CT molecular complexity index is 826. The Morgan fingerprint density at radius 2 is 2.00 bits per heavy atom. The van der Waals surface area contributed by atoms with E-state index < -0.39 is 11.7 Å². The van der Waals surface area contributed by atoms with Crippen LogP contribution in [0.25, 0.3) is 0 Å². The van der Waals surface area contributed by atoms with E-state index in [2.05, 4.69) is 22.2 Å². The molecule has 0 radical (unpaired) electrons. The summed E-state index contributed by atoms with van der Waals surface area (Å²) in [7, 11) is 0. The summed E-state index contributed by atoms with van der Waals surface area (Å²) in [5.74, 6) is 0.408. The molecule has 5 nitrogen and oxygen atoms in total. The third-order valence-corrected chi connectivity index (χ3v) is 4.70. The molecule has 1 aliphatic rings. The summed E-state index contributed by atoms with van der Waals surface area (Å²) in [4.78, 5) is 22.3. The van der Waals surface area contributed by atoms with Crippen molar-refractivity contribution < 1.29 is 18.0 Å². The maximum atomic E-state index is 12.9. The van der Waals surface area contributed by atoms with Crippen LogP contribution in [0.3, 0.4) is 0 Å². The highest BCUT2D eigenvalue weighted by atomic mass is 35.5. The molecule has 0 aliphatic carbocycles. The molecule has 1 aromatic carbocycles. The molecule has 1 fully saturated rings. The first-order valence-corrected chi connectivity index (χ1v) is 8.87. The first-order valence-electron chi connectivity index (χ1n) is 8.49. The Balaban J connectivity index is 1.72. The van der Waals surface area contributed by atoms with Crippen molar-refractivity contribution in [3.8, 4) is 0 Å². The quantitative estimate of drug-likeness (QED) is 0.809. The van der Waals surface area contributed by atoms with E-state index in [9.17, 15) is 18.0 Å². The smallest absolute Gasteiger partial charge is 0.338 e. The van der Waals surface area contributed by atoms with Gasteiger partial charge in [0.1, 0.15) is 0 Å². The molecule has 1 unspecified atom stereocenters. The summed E-state index contributed by atoms with van der Waals surface area (Å²) < 4.78 is 38.8. The van der Waals surface area contributed by atoms with E-state index in [0.717, 1.165) is 25.0 Å². The first-order chi connectivity index (χ1) is 12.7. The Morgan fingerprint density at radius 3 is 2.63 bits per heavy atom. The average Bonchev–Trinajstić information content (AvgIpc) is 2.62. The van der Waals surface area contributed by atoms with Crippen LogP contribution in [0.5, 0.6) is 0 Å². The lowest BCUT2D eigenvalue weighted by Gasteiger charge is -2.30. The number of aromatic nitrogens is 2. The lowest BCUT2D eigenvalue weighted by atomic mass is 10.00. The van der Waals surface area contributed by atoms with Crippen LogP contribution in [-0.4, -0.2) is 33.9 Å². The van der Waals surface area contributed by atoms with Crippen LogP contribution in [0.4, 0.5) is 24.8 Å². The number of carbonyl (C=O) groups is 1. The van der Waals surface area contributed by atoms with Crippen LogP contribution in [0.15, 0.2) is 30.6 Å². The van der Waals surface area contributed by atoms with Gasteiger partial charge in [-0.25, -0.2) is 9.97 Å². The molecule has 2 aromatic rings. The van der Waals surface area contributed by atoms with Crippen LogP contribution in [0.1, 0.15) is 35.7 Å². The molecule has 2 heterocycles. The number of hydrogen-bond acceptors (Lipinski definition) is 4. The molecular formula is C18H18ClF3N4O. The third-order valence-electron chi connectivity index (χ3n) is 4.37. The third kappa shape index (κ3) is 4.68. The van der Waals surface area contributed by atoms with Gasteiger partial charge in [0.25, 0.3) is 5.91 Å². The number of alkyl halides is 3. The highest BCUT2D eigenvalue weighted by Crippen LogP contribution is 2.36. The van der Waals surface area contributed by atoms with Crippen molar-refractivity contribution in [2.45, 2.75) is 25.9 Å². The van der Waals surface area contributed by atoms with Gasteiger partial charge in [-0.1, -0.05) is 18.5 Å². The van der Waals surface area contributed by atoms with Gasteiger partial charge in [0.2, 0.25) is 5.95 Å². The summed E-state index contributed by atoms with van der Waals surface area (Å²) in [6, 6.07) is 3.44. The van der Waals surface area contributed by atoms with Crippen molar-refractivity contribution in [3.05, 3.63) is 46.7 Å². The van der Waals surface area contributed by atoms with E-state index in [1.807, 2.05) is 0 Å². The number of piperidine rings is 1. The molecule has 1 saturated heterocycles. The van der Waals surface area contributed by atoms with Crippen molar-refractivity contribution >= 4 is 29.1 Å². The van der Waals surface area contributed by atoms with Gasteiger partial charge in [0, 0.05) is 31.2 Å². The summed E-state index contributed by atoms with van der Waals surface area (Å²) in [6.07, 6.45) is 0.252. The molecule has 3 rings (SSSR count). The fraction of sp³-hybridized carbons (Fsp3) is 0.389. The van der Waals surface area contributed by atoms with E-state index in [4.69, 9.17) is 11.6 Å². The maximum Gasteiger partial charge on any atom is 0.417 e. The molecule has 9 heteroatoms.